The smallest absolute Gasteiger partial charge is 0.326 e. The van der Waals surface area contributed by atoms with Gasteiger partial charge in [0.1, 0.15) is 6.04 Å². The number of rotatable bonds is 4. The van der Waals surface area contributed by atoms with E-state index < -0.39 is 17.9 Å². The molecule has 1 atom stereocenters. The summed E-state index contributed by atoms with van der Waals surface area (Å²) in [4.78, 5) is 22.6. The first-order valence-corrected chi connectivity index (χ1v) is 5.53. The van der Waals surface area contributed by atoms with Crippen LogP contribution in [0.15, 0.2) is 12.1 Å². The first kappa shape index (κ1) is 12.0. The summed E-state index contributed by atoms with van der Waals surface area (Å²) in [5, 5.41) is 11.1. The van der Waals surface area contributed by atoms with Crippen LogP contribution in [0.25, 0.3) is 0 Å². The highest BCUT2D eigenvalue weighted by molar-refractivity contribution is 7.18. The van der Waals surface area contributed by atoms with Gasteiger partial charge in [0.25, 0.3) is 5.91 Å². The lowest BCUT2D eigenvalue weighted by molar-refractivity contribution is -0.139. The number of halogens is 1. The lowest BCUT2D eigenvalue weighted by atomic mass is 10.2. The standard InChI is InChI=1S/C9H10ClNO3S/c1-2-5(9(13)14)11-8(12)6-3-4-7(10)15-6/h3-5H,2H2,1H3,(H,11,12)(H,13,14)/t5-/m0/s1. The number of amides is 1. The predicted molar refractivity (Wildman–Crippen MR) is 58.5 cm³/mol. The van der Waals surface area contributed by atoms with E-state index >= 15 is 0 Å². The fourth-order valence-electron chi connectivity index (χ4n) is 1.00. The summed E-state index contributed by atoms with van der Waals surface area (Å²) < 4.78 is 0.503. The molecule has 1 rings (SSSR count). The van der Waals surface area contributed by atoms with E-state index in [1.165, 1.54) is 0 Å². The van der Waals surface area contributed by atoms with Crippen LogP contribution in [-0.2, 0) is 4.79 Å². The topological polar surface area (TPSA) is 66.4 Å². The zero-order valence-electron chi connectivity index (χ0n) is 7.99. The molecule has 0 unspecified atom stereocenters. The zero-order valence-corrected chi connectivity index (χ0v) is 9.56. The number of aliphatic carboxylic acids is 1. The Hall–Kier alpha value is -1.07. The van der Waals surface area contributed by atoms with E-state index in [4.69, 9.17) is 16.7 Å². The van der Waals surface area contributed by atoms with Crippen molar-refractivity contribution in [2.45, 2.75) is 19.4 Å². The minimum atomic E-state index is -1.03. The Bertz CT molecular complexity index is 377. The number of hydrogen-bond acceptors (Lipinski definition) is 3. The van der Waals surface area contributed by atoms with Gasteiger partial charge in [-0.3, -0.25) is 4.79 Å². The van der Waals surface area contributed by atoms with E-state index in [-0.39, 0.29) is 0 Å². The van der Waals surface area contributed by atoms with Crippen LogP contribution in [0.1, 0.15) is 23.0 Å². The molecule has 1 aromatic rings. The van der Waals surface area contributed by atoms with E-state index in [0.717, 1.165) is 11.3 Å². The van der Waals surface area contributed by atoms with Gasteiger partial charge in [-0.1, -0.05) is 18.5 Å². The summed E-state index contributed by atoms with van der Waals surface area (Å²) in [6.45, 7) is 1.69. The number of hydrogen-bond donors (Lipinski definition) is 2. The van der Waals surface area contributed by atoms with Crippen LogP contribution in [-0.4, -0.2) is 23.0 Å². The van der Waals surface area contributed by atoms with Crippen molar-refractivity contribution in [2.75, 3.05) is 0 Å². The number of carboxylic acid groups (broad SMARTS) is 1. The minimum Gasteiger partial charge on any atom is -0.480 e. The normalized spacial score (nSPS) is 12.1. The summed E-state index contributed by atoms with van der Waals surface area (Å²) >= 11 is 6.78. The van der Waals surface area contributed by atoms with E-state index in [9.17, 15) is 9.59 Å². The summed E-state index contributed by atoms with van der Waals surface area (Å²) in [6, 6.07) is 2.32. The van der Waals surface area contributed by atoms with Gasteiger partial charge < -0.3 is 10.4 Å². The molecule has 0 saturated carbocycles. The monoisotopic (exact) mass is 247 g/mol. The van der Waals surface area contributed by atoms with Gasteiger partial charge in [-0.05, 0) is 18.6 Å². The highest BCUT2D eigenvalue weighted by Gasteiger charge is 2.19. The fourth-order valence-corrected chi connectivity index (χ4v) is 1.95. The molecular weight excluding hydrogens is 238 g/mol. The molecule has 6 heteroatoms. The van der Waals surface area contributed by atoms with Gasteiger partial charge in [-0.2, -0.15) is 0 Å². The molecule has 0 aromatic carbocycles. The Morgan fingerprint density at radius 3 is 2.67 bits per heavy atom. The molecule has 2 N–H and O–H groups in total. The van der Waals surface area contributed by atoms with Crippen LogP contribution in [0.4, 0.5) is 0 Å². The Balaban J connectivity index is 2.66. The second-order valence-corrected chi connectivity index (χ2v) is 4.59. The lowest BCUT2D eigenvalue weighted by Gasteiger charge is -2.10. The van der Waals surface area contributed by atoms with E-state index in [1.54, 1.807) is 19.1 Å². The molecule has 0 bridgehead atoms. The average Bonchev–Trinajstić information content (AvgIpc) is 2.60. The Morgan fingerprint density at radius 2 is 2.27 bits per heavy atom. The van der Waals surface area contributed by atoms with Crippen molar-refractivity contribution in [3.63, 3.8) is 0 Å². The molecule has 0 spiro atoms. The van der Waals surface area contributed by atoms with Gasteiger partial charge in [-0.25, -0.2) is 4.79 Å². The van der Waals surface area contributed by atoms with Crippen LogP contribution in [0, 0.1) is 0 Å². The minimum absolute atomic E-state index is 0.347. The van der Waals surface area contributed by atoms with Crippen molar-refractivity contribution in [3.8, 4) is 0 Å². The van der Waals surface area contributed by atoms with Crippen LogP contribution in [0.2, 0.25) is 4.34 Å². The van der Waals surface area contributed by atoms with Crippen LogP contribution < -0.4 is 5.32 Å². The molecule has 1 heterocycles. The van der Waals surface area contributed by atoms with Crippen molar-refractivity contribution in [2.24, 2.45) is 0 Å². The number of thiophene rings is 1. The lowest BCUT2D eigenvalue weighted by Crippen LogP contribution is -2.39. The highest BCUT2D eigenvalue weighted by Crippen LogP contribution is 2.21. The quantitative estimate of drug-likeness (QED) is 0.855. The first-order valence-electron chi connectivity index (χ1n) is 4.33. The van der Waals surface area contributed by atoms with Gasteiger partial charge >= 0.3 is 5.97 Å². The zero-order chi connectivity index (χ0) is 11.4. The second-order valence-electron chi connectivity index (χ2n) is 2.88. The molecule has 4 nitrogen and oxygen atoms in total. The van der Waals surface area contributed by atoms with Gasteiger partial charge in [-0.15, -0.1) is 11.3 Å². The van der Waals surface area contributed by atoms with Crippen molar-refractivity contribution in [1.82, 2.24) is 5.32 Å². The van der Waals surface area contributed by atoms with E-state index in [0.29, 0.717) is 15.6 Å². The molecule has 0 fully saturated rings. The molecule has 15 heavy (non-hydrogen) atoms. The van der Waals surface area contributed by atoms with Crippen molar-refractivity contribution in [1.29, 1.82) is 0 Å². The van der Waals surface area contributed by atoms with Gasteiger partial charge in [0.15, 0.2) is 0 Å². The fraction of sp³-hybridized carbons (Fsp3) is 0.333. The van der Waals surface area contributed by atoms with E-state index in [1.807, 2.05) is 0 Å². The van der Waals surface area contributed by atoms with Crippen LogP contribution in [0.3, 0.4) is 0 Å². The molecule has 0 aliphatic carbocycles. The van der Waals surface area contributed by atoms with Gasteiger partial charge in [0, 0.05) is 0 Å². The summed E-state index contributed by atoms with van der Waals surface area (Å²) in [5.74, 6) is -1.44. The number of nitrogens with one attached hydrogen (secondary N) is 1. The molecule has 0 aliphatic heterocycles. The Morgan fingerprint density at radius 1 is 1.60 bits per heavy atom. The van der Waals surface area contributed by atoms with E-state index in [2.05, 4.69) is 5.32 Å². The van der Waals surface area contributed by atoms with Gasteiger partial charge in [0.05, 0.1) is 9.21 Å². The molecule has 82 valence electrons. The Labute approximate surface area is 95.9 Å². The molecule has 0 aliphatic rings. The largest absolute Gasteiger partial charge is 0.480 e. The SMILES string of the molecule is CC[C@H](NC(=O)c1ccc(Cl)s1)C(=O)O. The molecule has 1 aromatic heterocycles. The maximum absolute atomic E-state index is 11.5. The number of carbonyl (C=O) groups excluding carboxylic acids is 1. The third-order valence-electron chi connectivity index (χ3n) is 1.81. The average molecular weight is 248 g/mol. The van der Waals surface area contributed by atoms with Crippen molar-refractivity contribution in [3.05, 3.63) is 21.3 Å². The predicted octanol–water partition coefficient (Wildman–Crippen LogP) is 1.99. The number of carboxylic acids is 1. The summed E-state index contributed by atoms with van der Waals surface area (Å²) in [6.07, 6.45) is 0.347. The van der Waals surface area contributed by atoms with Crippen LogP contribution >= 0.6 is 22.9 Å². The molecule has 0 saturated heterocycles. The third kappa shape index (κ3) is 3.21. The number of carbonyl (C=O) groups is 2. The van der Waals surface area contributed by atoms with Crippen LogP contribution in [0.5, 0.6) is 0 Å². The van der Waals surface area contributed by atoms with Crippen molar-refractivity contribution < 1.29 is 14.7 Å². The molecular formula is C9H10ClNO3S. The Kier molecular flexibility index (Phi) is 4.11. The van der Waals surface area contributed by atoms with Gasteiger partial charge in [0.2, 0.25) is 0 Å². The maximum atomic E-state index is 11.5. The van der Waals surface area contributed by atoms with Crippen molar-refractivity contribution >= 4 is 34.8 Å². The third-order valence-corrected chi connectivity index (χ3v) is 3.04. The first-order chi connectivity index (χ1) is 7.04. The summed E-state index contributed by atoms with van der Waals surface area (Å²) in [5.41, 5.74) is 0. The summed E-state index contributed by atoms with van der Waals surface area (Å²) in [7, 11) is 0. The second kappa shape index (κ2) is 5.14. The maximum Gasteiger partial charge on any atom is 0.326 e. The molecule has 1 amide bonds. The molecule has 0 radical (unpaired) electrons. The highest BCUT2D eigenvalue weighted by atomic mass is 35.5.